The summed E-state index contributed by atoms with van der Waals surface area (Å²) in [7, 11) is -2.68. The minimum Gasteiger partial charge on any atom is -0.465 e. The van der Waals surface area contributed by atoms with E-state index in [0.717, 1.165) is 9.87 Å². The molecule has 1 N–H and O–H groups in total. The monoisotopic (exact) mass is 465 g/mol. The molecule has 1 amide bonds. The van der Waals surface area contributed by atoms with Crippen molar-refractivity contribution in [2.75, 3.05) is 18.0 Å². The number of hydrazone groups is 1. The van der Waals surface area contributed by atoms with Gasteiger partial charge >= 0.3 is 5.97 Å². The van der Waals surface area contributed by atoms with Crippen LogP contribution in [0.15, 0.2) is 88.9 Å². The molecule has 0 unspecified atom stereocenters. The second-order valence-corrected chi connectivity index (χ2v) is 8.93. The Morgan fingerprint density at radius 2 is 1.61 bits per heavy atom. The number of carbonyl (C=O) groups is 2. The Hall–Kier alpha value is -3.98. The van der Waals surface area contributed by atoms with Crippen molar-refractivity contribution < 1.29 is 22.7 Å². The predicted octanol–water partition coefficient (Wildman–Crippen LogP) is 3.13. The van der Waals surface area contributed by atoms with Crippen molar-refractivity contribution in [1.82, 2.24) is 5.43 Å². The average Bonchev–Trinajstić information content (AvgIpc) is 2.83. The van der Waals surface area contributed by atoms with E-state index in [2.05, 4.69) is 15.3 Å². The Morgan fingerprint density at radius 1 is 0.970 bits per heavy atom. The highest BCUT2D eigenvalue weighted by molar-refractivity contribution is 7.92. The van der Waals surface area contributed by atoms with E-state index in [0.29, 0.717) is 16.8 Å². The number of anilines is 1. The molecule has 0 saturated carbocycles. The number of esters is 1. The maximum atomic E-state index is 13.2. The molecule has 0 heterocycles. The van der Waals surface area contributed by atoms with E-state index in [4.69, 9.17) is 0 Å². The standard InChI is InChI=1S/C24H23N3O5S/c1-18-8-14-21(15-9-18)27(33(30,31)22-6-4-3-5-7-22)17-23(28)26-25-16-19-10-12-20(13-11-19)24(29)32-2/h3-16H,17H2,1-2H3,(H,26,28)/b25-16+. The van der Waals surface area contributed by atoms with Crippen molar-refractivity contribution in [3.63, 3.8) is 0 Å². The van der Waals surface area contributed by atoms with Crippen LogP contribution in [0.1, 0.15) is 21.5 Å². The Kier molecular flexibility index (Phi) is 7.57. The Morgan fingerprint density at radius 3 is 2.21 bits per heavy atom. The van der Waals surface area contributed by atoms with Crippen molar-refractivity contribution in [1.29, 1.82) is 0 Å². The van der Waals surface area contributed by atoms with Crippen LogP contribution < -0.4 is 9.73 Å². The van der Waals surface area contributed by atoms with Crippen molar-refractivity contribution in [3.05, 3.63) is 95.6 Å². The third-order valence-electron chi connectivity index (χ3n) is 4.68. The number of methoxy groups -OCH3 is 1. The van der Waals surface area contributed by atoms with E-state index < -0.39 is 28.4 Å². The number of ether oxygens (including phenoxy) is 1. The Balaban J connectivity index is 1.76. The van der Waals surface area contributed by atoms with Gasteiger partial charge in [-0.25, -0.2) is 18.6 Å². The summed E-state index contributed by atoms with van der Waals surface area (Å²) in [5.41, 5.74) is 4.69. The smallest absolute Gasteiger partial charge is 0.337 e. The lowest BCUT2D eigenvalue weighted by molar-refractivity contribution is -0.119. The molecule has 8 nitrogen and oxygen atoms in total. The summed E-state index contributed by atoms with van der Waals surface area (Å²) < 4.78 is 32.1. The van der Waals surface area contributed by atoms with Crippen LogP contribution in [0, 0.1) is 6.92 Å². The van der Waals surface area contributed by atoms with Crippen LogP contribution in [-0.4, -0.2) is 40.2 Å². The molecule has 0 radical (unpaired) electrons. The normalized spacial score (nSPS) is 11.2. The number of hydrogen-bond donors (Lipinski definition) is 1. The summed E-state index contributed by atoms with van der Waals surface area (Å²) in [4.78, 5) is 24.1. The quantitative estimate of drug-likeness (QED) is 0.313. The first kappa shape index (κ1) is 23.7. The highest BCUT2D eigenvalue weighted by Crippen LogP contribution is 2.23. The zero-order chi connectivity index (χ0) is 23.8. The first-order valence-electron chi connectivity index (χ1n) is 9.96. The van der Waals surface area contributed by atoms with E-state index >= 15 is 0 Å². The van der Waals surface area contributed by atoms with Gasteiger partial charge in [-0.1, -0.05) is 48.0 Å². The Labute approximate surface area is 192 Å². The minimum atomic E-state index is -3.98. The molecule has 0 fully saturated rings. The summed E-state index contributed by atoms with van der Waals surface area (Å²) in [5, 5.41) is 3.89. The molecule has 3 rings (SSSR count). The van der Waals surface area contributed by atoms with Gasteiger partial charge in [0.25, 0.3) is 15.9 Å². The molecule has 0 bridgehead atoms. The summed E-state index contributed by atoms with van der Waals surface area (Å²) >= 11 is 0. The molecular formula is C24H23N3O5S. The fourth-order valence-corrected chi connectivity index (χ4v) is 4.36. The van der Waals surface area contributed by atoms with Gasteiger partial charge in [0.15, 0.2) is 0 Å². The van der Waals surface area contributed by atoms with E-state index in [-0.39, 0.29) is 4.90 Å². The topological polar surface area (TPSA) is 105 Å². The number of nitrogens with one attached hydrogen (secondary N) is 1. The Bertz CT molecular complexity index is 1240. The summed E-state index contributed by atoms with van der Waals surface area (Å²) in [6, 6.07) is 21.2. The number of carbonyl (C=O) groups excluding carboxylic acids is 2. The number of sulfonamides is 1. The van der Waals surface area contributed by atoms with Crippen LogP contribution in [0.4, 0.5) is 5.69 Å². The lowest BCUT2D eigenvalue weighted by atomic mass is 10.1. The van der Waals surface area contributed by atoms with Crippen LogP contribution in [0.3, 0.4) is 0 Å². The third kappa shape index (κ3) is 6.05. The molecule has 0 aliphatic rings. The fraction of sp³-hybridized carbons (Fsp3) is 0.125. The van der Waals surface area contributed by atoms with Gasteiger partial charge in [0, 0.05) is 0 Å². The van der Waals surface area contributed by atoms with Crippen LogP contribution >= 0.6 is 0 Å². The molecule has 3 aromatic rings. The molecule has 0 atom stereocenters. The molecular weight excluding hydrogens is 442 g/mol. The van der Waals surface area contributed by atoms with Crippen LogP contribution in [0.5, 0.6) is 0 Å². The van der Waals surface area contributed by atoms with Gasteiger partial charge in [0.1, 0.15) is 6.54 Å². The molecule has 33 heavy (non-hydrogen) atoms. The highest BCUT2D eigenvalue weighted by Gasteiger charge is 2.27. The molecule has 0 aliphatic heterocycles. The zero-order valence-electron chi connectivity index (χ0n) is 18.1. The fourth-order valence-electron chi connectivity index (χ4n) is 2.91. The molecule has 3 aromatic carbocycles. The maximum absolute atomic E-state index is 13.2. The largest absolute Gasteiger partial charge is 0.465 e. The molecule has 0 aromatic heterocycles. The van der Waals surface area contributed by atoms with Gasteiger partial charge in [-0.3, -0.25) is 9.10 Å². The lowest BCUT2D eigenvalue weighted by Crippen LogP contribution is -2.39. The van der Waals surface area contributed by atoms with Crippen molar-refractivity contribution in [2.45, 2.75) is 11.8 Å². The van der Waals surface area contributed by atoms with E-state index in [1.165, 1.54) is 25.5 Å². The second-order valence-electron chi connectivity index (χ2n) is 7.07. The van der Waals surface area contributed by atoms with Crippen molar-refractivity contribution in [2.24, 2.45) is 5.10 Å². The highest BCUT2D eigenvalue weighted by atomic mass is 32.2. The molecule has 0 aliphatic carbocycles. The van der Waals surface area contributed by atoms with E-state index in [1.54, 1.807) is 66.7 Å². The minimum absolute atomic E-state index is 0.0765. The number of benzene rings is 3. The number of hydrogen-bond acceptors (Lipinski definition) is 6. The van der Waals surface area contributed by atoms with Gasteiger partial charge in [-0.05, 0) is 48.9 Å². The summed E-state index contributed by atoms with van der Waals surface area (Å²) in [6.07, 6.45) is 1.39. The molecule has 0 spiro atoms. The van der Waals surface area contributed by atoms with Gasteiger partial charge in [-0.2, -0.15) is 5.10 Å². The summed E-state index contributed by atoms with van der Waals surface area (Å²) in [5.74, 6) is -1.07. The van der Waals surface area contributed by atoms with Gasteiger partial charge in [0.05, 0.1) is 29.5 Å². The van der Waals surface area contributed by atoms with Gasteiger partial charge in [-0.15, -0.1) is 0 Å². The molecule has 9 heteroatoms. The maximum Gasteiger partial charge on any atom is 0.337 e. The average molecular weight is 466 g/mol. The number of amides is 1. The molecule has 0 saturated heterocycles. The van der Waals surface area contributed by atoms with Crippen molar-refractivity contribution >= 4 is 33.8 Å². The van der Waals surface area contributed by atoms with Crippen LogP contribution in [0.2, 0.25) is 0 Å². The number of nitrogens with zero attached hydrogens (tertiary/aromatic N) is 2. The predicted molar refractivity (Wildman–Crippen MR) is 126 cm³/mol. The second kappa shape index (κ2) is 10.6. The lowest BCUT2D eigenvalue weighted by Gasteiger charge is -2.23. The van der Waals surface area contributed by atoms with Gasteiger partial charge in [0.2, 0.25) is 0 Å². The third-order valence-corrected chi connectivity index (χ3v) is 6.46. The zero-order valence-corrected chi connectivity index (χ0v) is 19.0. The van der Waals surface area contributed by atoms with Crippen molar-refractivity contribution in [3.8, 4) is 0 Å². The van der Waals surface area contributed by atoms with Crippen LogP contribution in [-0.2, 0) is 19.6 Å². The van der Waals surface area contributed by atoms with E-state index in [1.807, 2.05) is 6.92 Å². The number of rotatable bonds is 8. The SMILES string of the molecule is COC(=O)c1ccc(/C=N/NC(=O)CN(c2ccc(C)cc2)S(=O)(=O)c2ccccc2)cc1. The summed E-state index contributed by atoms with van der Waals surface area (Å²) in [6.45, 7) is 1.43. The first-order valence-corrected chi connectivity index (χ1v) is 11.4. The van der Waals surface area contributed by atoms with Crippen LogP contribution in [0.25, 0.3) is 0 Å². The molecule has 170 valence electrons. The first-order chi connectivity index (χ1) is 15.8. The van der Waals surface area contributed by atoms with E-state index in [9.17, 15) is 18.0 Å². The van der Waals surface area contributed by atoms with Gasteiger partial charge < -0.3 is 4.74 Å². The number of aryl methyl sites for hydroxylation is 1.